The van der Waals surface area contributed by atoms with Gasteiger partial charge in [-0.15, -0.1) is 0 Å². The van der Waals surface area contributed by atoms with Crippen molar-refractivity contribution in [2.75, 3.05) is 10.6 Å². The van der Waals surface area contributed by atoms with Crippen LogP contribution in [0.5, 0.6) is 0 Å². The van der Waals surface area contributed by atoms with Crippen molar-refractivity contribution in [3.8, 4) is 0 Å². The molecule has 3 amide bonds. The number of carbonyl (C=O) groups excluding carboxylic acids is 3. The van der Waals surface area contributed by atoms with Gasteiger partial charge in [0.2, 0.25) is 5.91 Å². The smallest absolute Gasteiger partial charge is 0.278 e. The molecule has 4 rings (SSSR count). The van der Waals surface area contributed by atoms with Crippen molar-refractivity contribution < 1.29 is 18.8 Å². The van der Waals surface area contributed by atoms with Crippen LogP contribution in [0.1, 0.15) is 23.8 Å². The van der Waals surface area contributed by atoms with Crippen LogP contribution in [0.25, 0.3) is 5.57 Å². The Bertz CT molecular complexity index is 1230. The Balaban J connectivity index is 1.73. The highest BCUT2D eigenvalue weighted by Crippen LogP contribution is 2.33. The average molecular weight is 450 g/mol. The highest BCUT2D eigenvalue weighted by atomic mass is 35.5. The van der Waals surface area contributed by atoms with E-state index in [1.807, 2.05) is 13.0 Å². The van der Waals surface area contributed by atoms with E-state index in [4.69, 9.17) is 16.0 Å². The molecule has 0 fully saturated rings. The second-order valence-corrected chi connectivity index (χ2v) is 7.78. The molecular weight excluding hydrogens is 430 g/mol. The van der Waals surface area contributed by atoms with Gasteiger partial charge in [-0.1, -0.05) is 29.8 Å². The number of aryl methyl sites for hydroxylation is 1. The van der Waals surface area contributed by atoms with Crippen LogP contribution in [-0.4, -0.2) is 22.6 Å². The maximum atomic E-state index is 13.3. The molecule has 0 saturated carbocycles. The number of benzene rings is 2. The molecule has 1 aliphatic heterocycles. The van der Waals surface area contributed by atoms with Gasteiger partial charge in [0.1, 0.15) is 11.5 Å². The highest BCUT2D eigenvalue weighted by molar-refractivity contribution is 6.36. The number of carbonyl (C=O) groups is 3. The lowest BCUT2D eigenvalue weighted by molar-refractivity contribution is -0.137. The van der Waals surface area contributed by atoms with E-state index in [9.17, 15) is 14.4 Å². The van der Waals surface area contributed by atoms with Gasteiger partial charge in [-0.25, -0.2) is 0 Å². The lowest BCUT2D eigenvalue weighted by atomic mass is 10.0. The van der Waals surface area contributed by atoms with E-state index in [0.29, 0.717) is 27.7 Å². The first-order valence-electron chi connectivity index (χ1n) is 9.87. The molecule has 0 bridgehead atoms. The van der Waals surface area contributed by atoms with Gasteiger partial charge in [-0.05, 0) is 54.4 Å². The van der Waals surface area contributed by atoms with Gasteiger partial charge >= 0.3 is 0 Å². The van der Waals surface area contributed by atoms with Crippen LogP contribution in [0.15, 0.2) is 71.0 Å². The zero-order valence-electron chi connectivity index (χ0n) is 17.4. The molecule has 0 radical (unpaired) electrons. The molecule has 0 saturated heterocycles. The van der Waals surface area contributed by atoms with Crippen LogP contribution in [0.4, 0.5) is 11.4 Å². The van der Waals surface area contributed by atoms with Crippen LogP contribution in [0.2, 0.25) is 5.02 Å². The molecule has 1 aliphatic rings. The average Bonchev–Trinajstić information content (AvgIpc) is 3.34. The Morgan fingerprint density at radius 1 is 1.03 bits per heavy atom. The third-order valence-electron chi connectivity index (χ3n) is 5.00. The molecule has 32 heavy (non-hydrogen) atoms. The largest absolute Gasteiger partial charge is 0.467 e. The van der Waals surface area contributed by atoms with E-state index in [2.05, 4.69) is 10.6 Å². The summed E-state index contributed by atoms with van der Waals surface area (Å²) in [7, 11) is 0. The van der Waals surface area contributed by atoms with E-state index in [1.54, 1.807) is 48.5 Å². The number of halogens is 1. The second-order valence-electron chi connectivity index (χ2n) is 7.37. The van der Waals surface area contributed by atoms with Gasteiger partial charge in [0.15, 0.2) is 0 Å². The van der Waals surface area contributed by atoms with Crippen LogP contribution in [-0.2, 0) is 20.9 Å². The first-order chi connectivity index (χ1) is 15.3. The number of anilines is 2. The van der Waals surface area contributed by atoms with Gasteiger partial charge in [-0.3, -0.25) is 19.3 Å². The minimum absolute atomic E-state index is 0.0119. The molecule has 0 aliphatic carbocycles. The van der Waals surface area contributed by atoms with Gasteiger partial charge in [-0.2, -0.15) is 0 Å². The molecule has 7 nitrogen and oxygen atoms in total. The zero-order chi connectivity index (χ0) is 22.8. The summed E-state index contributed by atoms with van der Waals surface area (Å²) in [4.78, 5) is 39.0. The number of nitrogens with one attached hydrogen (secondary N) is 2. The SMILES string of the molecule is CC(=O)Nc1ccc(C2=C(Nc3ccc(C)c(Cl)c3)C(=O)N(Cc3ccco3)C2=O)cc1. The normalized spacial score (nSPS) is 13.7. The molecule has 8 heteroatoms. The van der Waals surface area contributed by atoms with E-state index in [1.165, 1.54) is 13.2 Å². The Kier molecular flexibility index (Phi) is 5.83. The fourth-order valence-corrected chi connectivity index (χ4v) is 3.58. The molecule has 162 valence electrons. The van der Waals surface area contributed by atoms with Crippen LogP contribution in [0, 0.1) is 6.92 Å². The molecule has 0 spiro atoms. The van der Waals surface area contributed by atoms with Crippen molar-refractivity contribution in [1.82, 2.24) is 4.90 Å². The Morgan fingerprint density at radius 3 is 2.38 bits per heavy atom. The van der Waals surface area contributed by atoms with E-state index in [0.717, 1.165) is 10.5 Å². The van der Waals surface area contributed by atoms with Gasteiger partial charge in [0.05, 0.1) is 18.4 Å². The Morgan fingerprint density at radius 2 is 1.75 bits per heavy atom. The number of nitrogens with zero attached hydrogens (tertiary/aromatic N) is 1. The van der Waals surface area contributed by atoms with E-state index < -0.39 is 11.8 Å². The third kappa shape index (κ3) is 4.29. The maximum absolute atomic E-state index is 13.3. The summed E-state index contributed by atoms with van der Waals surface area (Å²) < 4.78 is 5.33. The fourth-order valence-electron chi connectivity index (χ4n) is 3.40. The van der Waals surface area contributed by atoms with Gasteiger partial charge < -0.3 is 15.1 Å². The summed E-state index contributed by atoms with van der Waals surface area (Å²) in [5.41, 5.74) is 2.99. The molecule has 3 aromatic rings. The highest BCUT2D eigenvalue weighted by Gasteiger charge is 2.39. The topological polar surface area (TPSA) is 91.7 Å². The van der Waals surface area contributed by atoms with Crippen molar-refractivity contribution >= 4 is 46.3 Å². The quantitative estimate of drug-likeness (QED) is 0.537. The molecule has 0 atom stereocenters. The fraction of sp³-hybridized carbons (Fsp3) is 0.125. The number of rotatable bonds is 6. The molecular formula is C24H20ClN3O4. The van der Waals surface area contributed by atoms with E-state index in [-0.39, 0.29) is 23.7 Å². The number of imide groups is 1. The Hall–Kier alpha value is -3.84. The van der Waals surface area contributed by atoms with E-state index >= 15 is 0 Å². The van der Waals surface area contributed by atoms with Crippen molar-refractivity contribution in [3.05, 3.63) is 88.5 Å². The zero-order valence-corrected chi connectivity index (χ0v) is 18.2. The van der Waals surface area contributed by atoms with Crippen molar-refractivity contribution in [2.45, 2.75) is 20.4 Å². The first-order valence-corrected chi connectivity index (χ1v) is 10.3. The predicted octanol–water partition coefficient (Wildman–Crippen LogP) is 4.59. The van der Waals surface area contributed by atoms with Crippen LogP contribution < -0.4 is 10.6 Å². The molecule has 1 aromatic heterocycles. The monoisotopic (exact) mass is 449 g/mol. The maximum Gasteiger partial charge on any atom is 0.278 e. The second kappa shape index (κ2) is 8.72. The minimum Gasteiger partial charge on any atom is -0.467 e. The molecule has 2 aromatic carbocycles. The van der Waals surface area contributed by atoms with Gasteiger partial charge in [0, 0.05) is 23.3 Å². The summed E-state index contributed by atoms with van der Waals surface area (Å²) in [6, 6.07) is 15.4. The Labute approximate surface area is 189 Å². The molecule has 2 heterocycles. The summed E-state index contributed by atoms with van der Waals surface area (Å²) in [6.45, 7) is 3.30. The van der Waals surface area contributed by atoms with Crippen LogP contribution >= 0.6 is 11.6 Å². The van der Waals surface area contributed by atoms with Crippen LogP contribution in [0.3, 0.4) is 0 Å². The molecule has 2 N–H and O–H groups in total. The summed E-state index contributed by atoms with van der Waals surface area (Å²) in [6.07, 6.45) is 1.49. The first kappa shape index (κ1) is 21.4. The summed E-state index contributed by atoms with van der Waals surface area (Å²) in [5, 5.41) is 6.30. The number of amides is 3. The summed E-state index contributed by atoms with van der Waals surface area (Å²) >= 11 is 6.23. The standard InChI is InChI=1S/C24H20ClN3O4/c1-14-5-8-18(12-20(14)25)27-22-21(16-6-9-17(10-7-16)26-15(2)29)23(30)28(24(22)31)13-19-4-3-11-32-19/h3-12,27H,13H2,1-2H3,(H,26,29). The number of furan rings is 1. The summed E-state index contributed by atoms with van der Waals surface area (Å²) in [5.74, 6) is -0.623. The van der Waals surface area contributed by atoms with Crippen molar-refractivity contribution in [1.29, 1.82) is 0 Å². The minimum atomic E-state index is -0.468. The lowest BCUT2D eigenvalue weighted by Gasteiger charge is -2.14. The van der Waals surface area contributed by atoms with Gasteiger partial charge in [0.25, 0.3) is 11.8 Å². The van der Waals surface area contributed by atoms with Crippen molar-refractivity contribution in [2.24, 2.45) is 0 Å². The predicted molar refractivity (Wildman–Crippen MR) is 122 cm³/mol. The lowest BCUT2D eigenvalue weighted by Crippen LogP contribution is -2.31. The van der Waals surface area contributed by atoms with Crippen molar-refractivity contribution in [3.63, 3.8) is 0 Å². The third-order valence-corrected chi connectivity index (χ3v) is 5.40. The molecule has 0 unspecified atom stereocenters. The number of hydrogen-bond donors (Lipinski definition) is 2. The number of hydrogen-bond acceptors (Lipinski definition) is 5.